The van der Waals surface area contributed by atoms with Crippen molar-refractivity contribution in [3.05, 3.63) is 0 Å². The molecule has 4 nitrogen and oxygen atoms in total. The van der Waals surface area contributed by atoms with E-state index in [1.54, 1.807) is 13.8 Å². The van der Waals surface area contributed by atoms with Crippen molar-refractivity contribution in [1.29, 1.82) is 0 Å². The zero-order valence-corrected chi connectivity index (χ0v) is 11.5. The molecule has 0 aromatic rings. The van der Waals surface area contributed by atoms with Crippen LogP contribution in [0.4, 0.5) is 0 Å². The van der Waals surface area contributed by atoms with E-state index < -0.39 is 0 Å². The number of carbonyl (C=O) groups excluding carboxylic acids is 2. The summed E-state index contributed by atoms with van der Waals surface area (Å²) in [7, 11) is 0. The van der Waals surface area contributed by atoms with Crippen molar-refractivity contribution in [3.8, 4) is 0 Å². The van der Waals surface area contributed by atoms with Crippen molar-refractivity contribution in [2.75, 3.05) is 0 Å². The van der Waals surface area contributed by atoms with E-state index in [0.717, 1.165) is 51.4 Å². The van der Waals surface area contributed by atoms with Crippen LogP contribution in [-0.2, 0) is 9.59 Å². The Kier molecular flexibility index (Phi) is 3.64. The molecule has 18 heavy (non-hydrogen) atoms. The van der Waals surface area contributed by atoms with Gasteiger partial charge >= 0.3 is 0 Å². The van der Waals surface area contributed by atoms with E-state index in [2.05, 4.69) is 10.6 Å². The Morgan fingerprint density at radius 3 is 1.33 bits per heavy atom. The molecule has 2 N–H and O–H groups in total. The first-order valence-electron chi connectivity index (χ1n) is 7.03. The van der Waals surface area contributed by atoms with Crippen LogP contribution in [-0.4, -0.2) is 22.9 Å². The smallest absolute Gasteiger partial charge is 0.217 e. The first kappa shape index (κ1) is 13.4. The summed E-state index contributed by atoms with van der Waals surface area (Å²) >= 11 is 0. The molecule has 2 aliphatic rings. The number of hydrogen-bond acceptors (Lipinski definition) is 2. The summed E-state index contributed by atoms with van der Waals surface area (Å²) in [6.45, 7) is 3.21. The number of carbonyl (C=O) groups is 2. The average molecular weight is 252 g/mol. The van der Waals surface area contributed by atoms with Gasteiger partial charge in [-0.25, -0.2) is 0 Å². The molecule has 0 saturated heterocycles. The third-order valence-electron chi connectivity index (χ3n) is 4.59. The Hall–Kier alpha value is -1.06. The zero-order valence-electron chi connectivity index (χ0n) is 11.5. The molecule has 2 amide bonds. The highest BCUT2D eigenvalue weighted by atomic mass is 16.2. The molecule has 0 aliphatic heterocycles. The first-order chi connectivity index (χ1) is 8.45. The first-order valence-corrected chi connectivity index (χ1v) is 7.03. The summed E-state index contributed by atoms with van der Waals surface area (Å²) in [6, 6.07) is 0. The maximum Gasteiger partial charge on any atom is 0.217 e. The molecule has 2 saturated carbocycles. The molecule has 0 atom stereocenters. The van der Waals surface area contributed by atoms with Gasteiger partial charge in [-0.3, -0.25) is 9.59 Å². The van der Waals surface area contributed by atoms with Gasteiger partial charge in [-0.2, -0.15) is 0 Å². The summed E-state index contributed by atoms with van der Waals surface area (Å²) < 4.78 is 0. The van der Waals surface area contributed by atoms with E-state index in [1.807, 2.05) is 0 Å². The van der Waals surface area contributed by atoms with Crippen molar-refractivity contribution in [3.63, 3.8) is 0 Å². The summed E-state index contributed by atoms with van der Waals surface area (Å²) in [5.74, 6) is 0.146. The molecule has 2 rings (SSSR count). The van der Waals surface area contributed by atoms with Gasteiger partial charge in [-0.1, -0.05) is 0 Å². The van der Waals surface area contributed by atoms with E-state index in [0.29, 0.717) is 0 Å². The summed E-state index contributed by atoms with van der Waals surface area (Å²) in [5.41, 5.74) is -0.0227. The predicted octanol–water partition coefficient (Wildman–Crippen LogP) is 1.88. The standard InChI is InChI=1S/C14H24N2O2/c1-11(17)15-13-5-3-7-14(10-9-13,8-4-6-13)16-12(2)18/h3-10H2,1-2H3,(H,15,17)(H,16,18). The number of rotatable bonds is 2. The number of hydrogen-bond donors (Lipinski definition) is 2. The molecule has 102 valence electrons. The van der Waals surface area contributed by atoms with E-state index in [-0.39, 0.29) is 22.9 Å². The van der Waals surface area contributed by atoms with Gasteiger partial charge in [0, 0.05) is 24.9 Å². The topological polar surface area (TPSA) is 58.2 Å². The van der Waals surface area contributed by atoms with Crippen molar-refractivity contribution in [1.82, 2.24) is 10.6 Å². The van der Waals surface area contributed by atoms with Gasteiger partial charge in [-0.05, 0) is 51.4 Å². The molecule has 2 aliphatic carbocycles. The molecule has 4 heteroatoms. The van der Waals surface area contributed by atoms with Gasteiger partial charge < -0.3 is 10.6 Å². The molecular weight excluding hydrogens is 228 g/mol. The van der Waals surface area contributed by atoms with Crippen LogP contribution in [0.3, 0.4) is 0 Å². The SMILES string of the molecule is CC(=O)NC12CCCC(NC(C)=O)(CCC1)CC2. The minimum Gasteiger partial charge on any atom is -0.351 e. The third-order valence-corrected chi connectivity index (χ3v) is 4.59. The van der Waals surface area contributed by atoms with Crippen LogP contribution in [0.5, 0.6) is 0 Å². The highest BCUT2D eigenvalue weighted by molar-refractivity contribution is 5.74. The predicted molar refractivity (Wildman–Crippen MR) is 70.0 cm³/mol. The fourth-order valence-corrected chi connectivity index (χ4v) is 3.88. The van der Waals surface area contributed by atoms with Crippen molar-refractivity contribution in [2.24, 2.45) is 0 Å². The second kappa shape index (κ2) is 4.90. The van der Waals surface area contributed by atoms with Gasteiger partial charge in [-0.15, -0.1) is 0 Å². The maximum atomic E-state index is 11.4. The molecular formula is C14H24N2O2. The molecule has 2 bridgehead atoms. The highest BCUT2D eigenvalue weighted by Crippen LogP contribution is 2.42. The Balaban J connectivity index is 2.15. The molecule has 2 fully saturated rings. The Labute approximate surface area is 109 Å². The Bertz CT molecular complexity index is 310. The van der Waals surface area contributed by atoms with Gasteiger partial charge in [0.2, 0.25) is 11.8 Å². The second-order valence-corrected chi connectivity index (χ2v) is 6.13. The van der Waals surface area contributed by atoms with Gasteiger partial charge in [0.15, 0.2) is 0 Å². The largest absolute Gasteiger partial charge is 0.351 e. The average Bonchev–Trinajstić information content (AvgIpc) is 2.46. The molecule has 0 aromatic heterocycles. The third kappa shape index (κ3) is 2.85. The quantitative estimate of drug-likeness (QED) is 0.788. The Morgan fingerprint density at radius 2 is 1.06 bits per heavy atom. The van der Waals surface area contributed by atoms with E-state index in [1.165, 1.54) is 0 Å². The van der Waals surface area contributed by atoms with Crippen LogP contribution in [0.1, 0.15) is 65.2 Å². The number of nitrogens with one attached hydrogen (secondary N) is 2. The zero-order chi connectivity index (χ0) is 13.2. The number of fused-ring (bicyclic) bond motifs is 3. The van der Waals surface area contributed by atoms with E-state index >= 15 is 0 Å². The lowest BCUT2D eigenvalue weighted by Gasteiger charge is -2.34. The van der Waals surface area contributed by atoms with Crippen molar-refractivity contribution in [2.45, 2.75) is 76.3 Å². The summed E-state index contributed by atoms with van der Waals surface area (Å²) in [6.07, 6.45) is 8.35. The lowest BCUT2D eigenvalue weighted by Crippen LogP contribution is -2.47. The summed E-state index contributed by atoms with van der Waals surface area (Å²) in [5, 5.41) is 6.36. The molecule has 0 unspecified atom stereocenters. The molecule has 0 heterocycles. The van der Waals surface area contributed by atoms with Crippen LogP contribution in [0, 0.1) is 0 Å². The maximum absolute atomic E-state index is 11.4. The number of amides is 2. The van der Waals surface area contributed by atoms with Crippen molar-refractivity contribution >= 4 is 11.8 Å². The van der Waals surface area contributed by atoms with Crippen LogP contribution in [0.25, 0.3) is 0 Å². The van der Waals surface area contributed by atoms with Crippen LogP contribution >= 0.6 is 0 Å². The summed E-state index contributed by atoms with van der Waals surface area (Å²) in [4.78, 5) is 22.8. The monoisotopic (exact) mass is 252 g/mol. The second-order valence-electron chi connectivity index (χ2n) is 6.13. The lowest BCUT2D eigenvalue weighted by atomic mass is 9.83. The fourth-order valence-electron chi connectivity index (χ4n) is 3.88. The molecule has 0 aromatic carbocycles. The fraction of sp³-hybridized carbons (Fsp3) is 0.857. The molecule has 0 radical (unpaired) electrons. The van der Waals surface area contributed by atoms with E-state index in [4.69, 9.17) is 0 Å². The van der Waals surface area contributed by atoms with Gasteiger partial charge in [0.25, 0.3) is 0 Å². The minimum absolute atomic E-state index is 0.0114. The molecule has 0 spiro atoms. The van der Waals surface area contributed by atoms with Gasteiger partial charge in [0.1, 0.15) is 0 Å². The van der Waals surface area contributed by atoms with Gasteiger partial charge in [0.05, 0.1) is 0 Å². The van der Waals surface area contributed by atoms with Crippen LogP contribution in [0.15, 0.2) is 0 Å². The van der Waals surface area contributed by atoms with Crippen LogP contribution < -0.4 is 10.6 Å². The van der Waals surface area contributed by atoms with Crippen LogP contribution in [0.2, 0.25) is 0 Å². The van der Waals surface area contributed by atoms with E-state index in [9.17, 15) is 9.59 Å². The highest BCUT2D eigenvalue weighted by Gasteiger charge is 2.43. The Morgan fingerprint density at radius 1 is 0.722 bits per heavy atom. The lowest BCUT2D eigenvalue weighted by molar-refractivity contribution is -0.122. The minimum atomic E-state index is -0.0114. The normalized spacial score (nSPS) is 35.4. The van der Waals surface area contributed by atoms with Crippen molar-refractivity contribution < 1.29 is 9.59 Å².